The first kappa shape index (κ1) is 16.7. The number of amides is 2. The Morgan fingerprint density at radius 3 is 2.59 bits per heavy atom. The molecule has 0 aliphatic carbocycles. The lowest BCUT2D eigenvalue weighted by Crippen LogP contribution is -2.23. The van der Waals surface area contributed by atoms with E-state index in [1.54, 1.807) is 24.4 Å². The van der Waals surface area contributed by atoms with E-state index in [1.165, 1.54) is 0 Å². The summed E-state index contributed by atoms with van der Waals surface area (Å²) in [7, 11) is 0. The molecule has 4 aromatic rings. The van der Waals surface area contributed by atoms with Crippen molar-refractivity contribution in [2.45, 2.75) is 6.54 Å². The molecule has 1 aromatic heterocycles. The van der Waals surface area contributed by atoms with Crippen LogP contribution in [0.3, 0.4) is 0 Å². The average molecular weight is 355 g/mol. The summed E-state index contributed by atoms with van der Waals surface area (Å²) >= 11 is 0. The lowest BCUT2D eigenvalue weighted by Gasteiger charge is -2.11. The number of carbonyl (C=O) groups is 2. The molecule has 5 nitrogen and oxygen atoms in total. The van der Waals surface area contributed by atoms with Crippen LogP contribution in [0.4, 0.5) is 0 Å². The third kappa shape index (κ3) is 3.22. The second-order valence-electron chi connectivity index (χ2n) is 6.29. The Labute approximate surface area is 155 Å². The smallest absolute Gasteiger partial charge is 0.253 e. The molecule has 4 rings (SSSR count). The van der Waals surface area contributed by atoms with E-state index < -0.39 is 5.91 Å². The highest BCUT2D eigenvalue weighted by atomic mass is 16.2. The van der Waals surface area contributed by atoms with Gasteiger partial charge in [0.1, 0.15) is 0 Å². The molecule has 27 heavy (non-hydrogen) atoms. The number of pyridine rings is 1. The third-order valence-corrected chi connectivity index (χ3v) is 4.52. The van der Waals surface area contributed by atoms with Gasteiger partial charge in [-0.25, -0.2) is 0 Å². The van der Waals surface area contributed by atoms with Crippen molar-refractivity contribution in [2.24, 2.45) is 5.73 Å². The van der Waals surface area contributed by atoms with Gasteiger partial charge in [-0.05, 0) is 40.6 Å². The van der Waals surface area contributed by atoms with E-state index in [4.69, 9.17) is 5.73 Å². The van der Waals surface area contributed by atoms with Gasteiger partial charge in [-0.1, -0.05) is 42.5 Å². The van der Waals surface area contributed by atoms with Gasteiger partial charge in [-0.2, -0.15) is 0 Å². The first-order valence-corrected chi connectivity index (χ1v) is 8.57. The molecule has 1 heterocycles. The van der Waals surface area contributed by atoms with Crippen LogP contribution in [0.2, 0.25) is 0 Å². The third-order valence-electron chi connectivity index (χ3n) is 4.52. The number of hydrogen-bond acceptors (Lipinski definition) is 3. The summed E-state index contributed by atoms with van der Waals surface area (Å²) < 4.78 is 0. The topological polar surface area (TPSA) is 85.1 Å². The molecule has 3 N–H and O–H groups in total. The number of benzene rings is 3. The molecule has 0 atom stereocenters. The van der Waals surface area contributed by atoms with E-state index in [2.05, 4.69) is 10.3 Å². The van der Waals surface area contributed by atoms with Gasteiger partial charge in [0.2, 0.25) is 5.91 Å². The summed E-state index contributed by atoms with van der Waals surface area (Å²) in [4.78, 5) is 28.6. The van der Waals surface area contributed by atoms with E-state index in [0.717, 1.165) is 21.7 Å². The van der Waals surface area contributed by atoms with Gasteiger partial charge in [0.05, 0.1) is 11.1 Å². The largest absolute Gasteiger partial charge is 0.366 e. The minimum absolute atomic E-state index is 0.214. The molecule has 5 heteroatoms. The van der Waals surface area contributed by atoms with Crippen molar-refractivity contribution in [3.63, 3.8) is 0 Å². The van der Waals surface area contributed by atoms with E-state index in [0.29, 0.717) is 23.2 Å². The van der Waals surface area contributed by atoms with E-state index in [-0.39, 0.29) is 5.91 Å². The molecule has 0 aliphatic heterocycles. The second-order valence-corrected chi connectivity index (χ2v) is 6.29. The maximum Gasteiger partial charge on any atom is 0.253 e. The zero-order valence-electron chi connectivity index (χ0n) is 14.5. The maximum absolute atomic E-state index is 12.9. The molecule has 2 amide bonds. The van der Waals surface area contributed by atoms with E-state index in [9.17, 15) is 9.59 Å². The van der Waals surface area contributed by atoms with Crippen LogP contribution in [0.25, 0.3) is 21.7 Å². The van der Waals surface area contributed by atoms with Gasteiger partial charge in [-0.15, -0.1) is 0 Å². The minimum atomic E-state index is -0.493. The summed E-state index contributed by atoms with van der Waals surface area (Å²) in [5.74, 6) is -0.707. The Bertz CT molecular complexity index is 1180. The van der Waals surface area contributed by atoms with Crippen LogP contribution in [-0.2, 0) is 6.54 Å². The molecule has 3 aromatic carbocycles. The Morgan fingerprint density at radius 2 is 1.74 bits per heavy atom. The first-order valence-electron chi connectivity index (χ1n) is 8.57. The van der Waals surface area contributed by atoms with Crippen molar-refractivity contribution in [3.05, 3.63) is 89.6 Å². The van der Waals surface area contributed by atoms with Crippen molar-refractivity contribution in [3.8, 4) is 0 Å². The lowest BCUT2D eigenvalue weighted by atomic mass is 10.0. The van der Waals surface area contributed by atoms with Crippen molar-refractivity contribution in [1.82, 2.24) is 10.3 Å². The van der Waals surface area contributed by atoms with Crippen LogP contribution < -0.4 is 11.1 Å². The molecule has 0 unspecified atom stereocenters. The van der Waals surface area contributed by atoms with Crippen molar-refractivity contribution in [1.29, 1.82) is 0 Å². The van der Waals surface area contributed by atoms with Gasteiger partial charge in [-0.3, -0.25) is 14.6 Å². The van der Waals surface area contributed by atoms with Crippen molar-refractivity contribution < 1.29 is 9.59 Å². The van der Waals surface area contributed by atoms with Gasteiger partial charge in [0.25, 0.3) is 5.91 Å². The van der Waals surface area contributed by atoms with Crippen LogP contribution in [-0.4, -0.2) is 16.8 Å². The number of primary amides is 1. The fraction of sp³-hybridized carbons (Fsp3) is 0.0455. The number of nitrogens with zero attached hydrogens (tertiary/aromatic N) is 1. The molecular formula is C22H17N3O2. The highest BCUT2D eigenvalue weighted by Gasteiger charge is 2.14. The molecule has 0 radical (unpaired) electrons. The van der Waals surface area contributed by atoms with Gasteiger partial charge < -0.3 is 11.1 Å². The van der Waals surface area contributed by atoms with Crippen LogP contribution in [0.15, 0.2) is 72.9 Å². The van der Waals surface area contributed by atoms with Crippen molar-refractivity contribution in [2.75, 3.05) is 0 Å². The normalized spacial score (nSPS) is 10.8. The predicted octanol–water partition coefficient (Wildman–Crippen LogP) is 3.42. The first-order chi connectivity index (χ1) is 13.1. The average Bonchev–Trinajstić information content (AvgIpc) is 2.71. The van der Waals surface area contributed by atoms with Crippen molar-refractivity contribution >= 4 is 33.5 Å². The Kier molecular flexibility index (Phi) is 4.26. The number of nitrogens with one attached hydrogen (secondary N) is 1. The summed E-state index contributed by atoms with van der Waals surface area (Å²) in [6.45, 7) is 0.293. The van der Waals surface area contributed by atoms with E-state index >= 15 is 0 Å². The zero-order valence-corrected chi connectivity index (χ0v) is 14.5. The fourth-order valence-electron chi connectivity index (χ4n) is 3.21. The highest BCUT2D eigenvalue weighted by Crippen LogP contribution is 2.27. The predicted molar refractivity (Wildman–Crippen MR) is 105 cm³/mol. The summed E-state index contributed by atoms with van der Waals surface area (Å²) in [6, 6.07) is 20.5. The van der Waals surface area contributed by atoms with Crippen LogP contribution in [0.1, 0.15) is 26.3 Å². The number of rotatable bonds is 4. The molecule has 0 fully saturated rings. The summed E-state index contributed by atoms with van der Waals surface area (Å²) in [6.07, 6.45) is 1.68. The van der Waals surface area contributed by atoms with Crippen LogP contribution in [0, 0.1) is 0 Å². The summed E-state index contributed by atoms with van der Waals surface area (Å²) in [5.41, 5.74) is 7.72. The Morgan fingerprint density at radius 1 is 0.926 bits per heavy atom. The number of aromatic nitrogens is 1. The molecule has 132 valence electrons. The van der Waals surface area contributed by atoms with Gasteiger partial charge in [0.15, 0.2) is 0 Å². The van der Waals surface area contributed by atoms with Crippen LogP contribution in [0.5, 0.6) is 0 Å². The molecule has 0 spiro atoms. The number of fused-ring (bicyclic) bond motifs is 3. The molecular weight excluding hydrogens is 338 g/mol. The standard InChI is InChI=1S/C22H17N3O2/c23-21(26)16-7-3-5-14(11-16)13-25-22(27)19-12-15-6-1-2-8-17(15)18-9-4-10-24-20(18)19/h1-12H,13H2,(H2,23,26)(H,25,27). The molecule has 0 aliphatic rings. The Hall–Kier alpha value is -3.73. The number of nitrogens with two attached hydrogens (primary N) is 1. The fourth-order valence-corrected chi connectivity index (χ4v) is 3.21. The van der Waals surface area contributed by atoms with Crippen LogP contribution >= 0.6 is 0 Å². The van der Waals surface area contributed by atoms with E-state index in [1.807, 2.05) is 48.5 Å². The Balaban J connectivity index is 1.68. The highest BCUT2D eigenvalue weighted by molar-refractivity contribution is 6.15. The lowest BCUT2D eigenvalue weighted by molar-refractivity contribution is 0.0951. The quantitative estimate of drug-likeness (QED) is 0.550. The zero-order chi connectivity index (χ0) is 18.8. The summed E-state index contributed by atoms with van der Waals surface area (Å²) in [5, 5.41) is 5.89. The monoisotopic (exact) mass is 355 g/mol. The van der Waals surface area contributed by atoms with Gasteiger partial charge in [0, 0.05) is 23.7 Å². The molecule has 0 bridgehead atoms. The van der Waals surface area contributed by atoms with Gasteiger partial charge >= 0.3 is 0 Å². The maximum atomic E-state index is 12.9. The number of carbonyl (C=O) groups excluding carboxylic acids is 2. The number of hydrogen-bond donors (Lipinski definition) is 2. The second kappa shape index (κ2) is 6.88. The minimum Gasteiger partial charge on any atom is -0.366 e. The SMILES string of the molecule is NC(=O)c1cccc(CNC(=O)c2cc3ccccc3c3cccnc23)c1. The molecule has 0 saturated carbocycles. The molecule has 0 saturated heterocycles.